The van der Waals surface area contributed by atoms with Crippen LogP contribution in [-0.4, -0.2) is 23.9 Å². The molecular weight excluding hydrogens is 266 g/mol. The van der Waals surface area contributed by atoms with Crippen molar-refractivity contribution in [2.75, 3.05) is 11.9 Å². The van der Waals surface area contributed by atoms with Crippen molar-refractivity contribution in [1.82, 2.24) is 5.32 Å². The van der Waals surface area contributed by atoms with E-state index in [9.17, 15) is 4.79 Å². The molecule has 0 aliphatic carbocycles. The van der Waals surface area contributed by atoms with E-state index in [1.807, 2.05) is 13.8 Å². The number of nitrogens with one attached hydrogen (secondary N) is 2. The predicted octanol–water partition coefficient (Wildman–Crippen LogP) is 3.02. The molecule has 5 nitrogen and oxygen atoms in total. The monoisotopic (exact) mass is 281 g/mol. The van der Waals surface area contributed by atoms with Crippen LogP contribution in [0.4, 0.5) is 10.5 Å². The number of urea groups is 1. The van der Waals surface area contributed by atoms with Crippen molar-refractivity contribution in [1.29, 1.82) is 0 Å². The zero-order valence-corrected chi connectivity index (χ0v) is 11.6. The van der Waals surface area contributed by atoms with Crippen molar-refractivity contribution in [2.24, 2.45) is 5.16 Å². The van der Waals surface area contributed by atoms with Gasteiger partial charge in [-0.25, -0.2) is 4.79 Å². The van der Waals surface area contributed by atoms with Crippen LogP contribution in [0.1, 0.15) is 20.3 Å². The summed E-state index contributed by atoms with van der Waals surface area (Å²) in [7, 11) is 0. The highest BCUT2D eigenvalue weighted by atomic mass is 35.5. The van der Waals surface area contributed by atoms with E-state index in [2.05, 4.69) is 15.8 Å². The van der Waals surface area contributed by atoms with Gasteiger partial charge in [0.2, 0.25) is 0 Å². The number of anilines is 1. The molecule has 1 aliphatic heterocycles. The van der Waals surface area contributed by atoms with Crippen LogP contribution in [0.25, 0.3) is 0 Å². The van der Waals surface area contributed by atoms with E-state index in [0.29, 0.717) is 23.7 Å². The molecule has 19 heavy (non-hydrogen) atoms. The lowest BCUT2D eigenvalue weighted by molar-refractivity contribution is -0.0000957. The Hall–Kier alpha value is -1.75. The fourth-order valence-corrected chi connectivity index (χ4v) is 2.07. The average molecular weight is 282 g/mol. The van der Waals surface area contributed by atoms with Crippen LogP contribution in [0.2, 0.25) is 5.02 Å². The Morgan fingerprint density at radius 1 is 1.53 bits per heavy atom. The first kappa shape index (κ1) is 13.7. The number of amides is 2. The molecule has 0 radical (unpaired) electrons. The summed E-state index contributed by atoms with van der Waals surface area (Å²) in [4.78, 5) is 17.1. The Kier molecular flexibility index (Phi) is 3.95. The minimum Gasteiger partial charge on any atom is -0.387 e. The maximum atomic E-state index is 11.8. The third kappa shape index (κ3) is 3.61. The van der Waals surface area contributed by atoms with Gasteiger partial charge in [-0.2, -0.15) is 0 Å². The van der Waals surface area contributed by atoms with Crippen molar-refractivity contribution >= 4 is 29.0 Å². The van der Waals surface area contributed by atoms with Crippen LogP contribution >= 0.6 is 11.6 Å². The highest BCUT2D eigenvalue weighted by molar-refractivity contribution is 6.33. The van der Waals surface area contributed by atoms with Crippen molar-refractivity contribution in [2.45, 2.75) is 25.9 Å². The number of benzene rings is 1. The molecule has 0 saturated carbocycles. The van der Waals surface area contributed by atoms with Crippen LogP contribution in [-0.2, 0) is 4.84 Å². The van der Waals surface area contributed by atoms with Crippen LogP contribution in [0.5, 0.6) is 0 Å². The van der Waals surface area contributed by atoms with Gasteiger partial charge in [0.15, 0.2) is 5.60 Å². The molecular formula is C13H16ClN3O2. The zero-order valence-electron chi connectivity index (χ0n) is 10.9. The third-order valence-electron chi connectivity index (χ3n) is 2.80. The van der Waals surface area contributed by atoms with E-state index in [1.165, 1.54) is 0 Å². The van der Waals surface area contributed by atoms with E-state index in [4.69, 9.17) is 16.4 Å². The summed E-state index contributed by atoms with van der Waals surface area (Å²) < 4.78 is 0. The smallest absolute Gasteiger partial charge is 0.319 e. The van der Waals surface area contributed by atoms with Crippen LogP contribution in [0, 0.1) is 0 Å². The lowest BCUT2D eigenvalue weighted by Crippen LogP contribution is -2.42. The van der Waals surface area contributed by atoms with Crippen molar-refractivity contribution in [3.8, 4) is 0 Å². The van der Waals surface area contributed by atoms with E-state index >= 15 is 0 Å². The topological polar surface area (TPSA) is 62.7 Å². The standard InChI is InChI=1S/C13H16ClN3O2/c1-9-7-13(2,19-17-9)8-15-12(18)16-11-6-4-3-5-10(11)14/h3-6H,7-8H2,1-2H3,(H2,15,16,18)/t13-/m0/s1. The molecule has 0 aromatic heterocycles. The lowest BCUT2D eigenvalue weighted by Gasteiger charge is -2.21. The van der Waals surface area contributed by atoms with E-state index in [1.54, 1.807) is 24.3 Å². The van der Waals surface area contributed by atoms with Gasteiger partial charge in [-0.15, -0.1) is 0 Å². The van der Waals surface area contributed by atoms with Gasteiger partial charge in [-0.1, -0.05) is 28.9 Å². The second-order valence-corrected chi connectivity index (χ2v) is 5.24. The lowest BCUT2D eigenvalue weighted by atomic mass is 10.0. The van der Waals surface area contributed by atoms with Gasteiger partial charge in [0.25, 0.3) is 0 Å². The second-order valence-electron chi connectivity index (χ2n) is 4.83. The Bertz CT molecular complexity index is 518. The number of rotatable bonds is 3. The number of para-hydroxylation sites is 1. The summed E-state index contributed by atoms with van der Waals surface area (Å²) in [6.45, 7) is 4.18. The number of oxime groups is 1. The van der Waals surface area contributed by atoms with Gasteiger partial charge >= 0.3 is 6.03 Å². The predicted molar refractivity (Wildman–Crippen MR) is 75.7 cm³/mol. The summed E-state index contributed by atoms with van der Waals surface area (Å²) in [6, 6.07) is 6.75. The van der Waals surface area contributed by atoms with E-state index in [0.717, 1.165) is 5.71 Å². The van der Waals surface area contributed by atoms with Crippen molar-refractivity contribution in [3.05, 3.63) is 29.3 Å². The fraction of sp³-hybridized carbons (Fsp3) is 0.385. The van der Waals surface area contributed by atoms with Gasteiger partial charge < -0.3 is 15.5 Å². The number of halogens is 1. The van der Waals surface area contributed by atoms with Crippen LogP contribution < -0.4 is 10.6 Å². The van der Waals surface area contributed by atoms with E-state index in [-0.39, 0.29) is 6.03 Å². The average Bonchev–Trinajstić information content (AvgIpc) is 2.71. The number of carbonyl (C=O) groups excluding carboxylic acids is 1. The first-order chi connectivity index (χ1) is 8.98. The van der Waals surface area contributed by atoms with Gasteiger partial charge in [-0.3, -0.25) is 0 Å². The molecule has 0 unspecified atom stereocenters. The summed E-state index contributed by atoms with van der Waals surface area (Å²) in [5, 5.41) is 9.83. The highest BCUT2D eigenvalue weighted by Crippen LogP contribution is 2.23. The summed E-state index contributed by atoms with van der Waals surface area (Å²) in [5.74, 6) is 0. The van der Waals surface area contributed by atoms with Crippen LogP contribution in [0.15, 0.2) is 29.4 Å². The molecule has 1 aromatic rings. The molecule has 1 atom stereocenters. The number of hydrogen-bond donors (Lipinski definition) is 2. The largest absolute Gasteiger partial charge is 0.387 e. The van der Waals surface area contributed by atoms with Crippen LogP contribution in [0.3, 0.4) is 0 Å². The first-order valence-electron chi connectivity index (χ1n) is 5.99. The normalized spacial score (nSPS) is 21.5. The molecule has 0 fully saturated rings. The number of carbonyl (C=O) groups is 1. The molecule has 102 valence electrons. The minimum absolute atomic E-state index is 0.317. The number of hydrogen-bond acceptors (Lipinski definition) is 3. The molecule has 1 heterocycles. The molecule has 2 amide bonds. The summed E-state index contributed by atoms with van der Waals surface area (Å²) in [6.07, 6.45) is 0.708. The highest BCUT2D eigenvalue weighted by Gasteiger charge is 2.32. The summed E-state index contributed by atoms with van der Waals surface area (Å²) >= 11 is 5.96. The molecule has 2 N–H and O–H groups in total. The molecule has 0 spiro atoms. The SMILES string of the molecule is CC1=NO[C@](C)(CNC(=O)Nc2ccccc2Cl)C1. The Balaban J connectivity index is 1.84. The maximum absolute atomic E-state index is 11.8. The third-order valence-corrected chi connectivity index (χ3v) is 3.13. The molecule has 1 aromatic carbocycles. The molecule has 6 heteroatoms. The fourth-order valence-electron chi connectivity index (χ4n) is 1.88. The van der Waals surface area contributed by atoms with Gasteiger partial charge in [0.1, 0.15) is 0 Å². The molecule has 0 saturated heterocycles. The number of nitrogens with zero attached hydrogens (tertiary/aromatic N) is 1. The van der Waals surface area contributed by atoms with Gasteiger partial charge in [0, 0.05) is 6.42 Å². The van der Waals surface area contributed by atoms with Gasteiger partial charge in [-0.05, 0) is 26.0 Å². The Labute approximate surface area is 117 Å². The second kappa shape index (κ2) is 5.48. The Morgan fingerprint density at radius 3 is 2.89 bits per heavy atom. The quantitative estimate of drug-likeness (QED) is 0.894. The van der Waals surface area contributed by atoms with Crippen molar-refractivity contribution in [3.63, 3.8) is 0 Å². The van der Waals surface area contributed by atoms with E-state index < -0.39 is 5.60 Å². The summed E-state index contributed by atoms with van der Waals surface area (Å²) in [5.41, 5.74) is 1.03. The zero-order chi connectivity index (χ0) is 13.9. The maximum Gasteiger partial charge on any atom is 0.319 e. The molecule has 2 rings (SSSR count). The molecule has 0 bridgehead atoms. The van der Waals surface area contributed by atoms with Crippen molar-refractivity contribution < 1.29 is 9.63 Å². The first-order valence-corrected chi connectivity index (χ1v) is 6.37. The Morgan fingerprint density at radius 2 is 2.26 bits per heavy atom. The van der Waals surface area contributed by atoms with Gasteiger partial charge in [0.05, 0.1) is 23.0 Å². The minimum atomic E-state index is -0.470. The molecule has 1 aliphatic rings.